The number of unbranched alkanes of at least 4 members (excludes halogenated alkanes) is 20. The van der Waals surface area contributed by atoms with Crippen molar-refractivity contribution >= 4 is 0 Å². The molecule has 0 saturated carbocycles. The van der Waals surface area contributed by atoms with Crippen LogP contribution in [0, 0.1) is 0 Å². The summed E-state index contributed by atoms with van der Waals surface area (Å²) in [5, 5.41) is 0. The van der Waals surface area contributed by atoms with Gasteiger partial charge in [0.1, 0.15) is 6.17 Å². The van der Waals surface area contributed by atoms with Gasteiger partial charge in [0, 0.05) is 26.0 Å². The van der Waals surface area contributed by atoms with E-state index in [2.05, 4.69) is 43.1 Å². The molecule has 1 aliphatic heterocycles. The molecule has 0 bridgehead atoms. The quantitative estimate of drug-likeness (QED) is 0.135. The van der Waals surface area contributed by atoms with Crippen molar-refractivity contribution in [2.75, 3.05) is 13.6 Å². The van der Waals surface area contributed by atoms with Crippen LogP contribution >= 0.6 is 0 Å². The molecule has 0 aromatic carbocycles. The fourth-order valence-corrected chi connectivity index (χ4v) is 5.17. The zero-order valence-corrected chi connectivity index (χ0v) is 22.6. The Labute approximate surface area is 203 Å². The first-order valence-corrected chi connectivity index (χ1v) is 15.0. The lowest BCUT2D eigenvalue weighted by atomic mass is 10.0. The van der Waals surface area contributed by atoms with Gasteiger partial charge in [0.25, 0.3) is 0 Å². The summed E-state index contributed by atoms with van der Waals surface area (Å²) in [6.45, 7) is 5.86. The summed E-state index contributed by atoms with van der Waals surface area (Å²) < 4.78 is 0. The molecule has 0 aliphatic carbocycles. The van der Waals surface area contributed by atoms with Gasteiger partial charge in [-0.3, -0.25) is 0 Å². The van der Waals surface area contributed by atoms with E-state index in [1.54, 1.807) is 0 Å². The first kappa shape index (κ1) is 29.4. The zero-order valence-electron chi connectivity index (χ0n) is 22.6. The molecule has 1 atom stereocenters. The molecule has 2 nitrogen and oxygen atoms in total. The standard InChI is InChI=1S/C30H60N2/c1-4-6-8-10-12-14-16-17-18-20-22-24-26-30-31(3)28-29-32(30)27-25-23-21-19-15-13-11-9-7-5-2/h28-30H,4-27H2,1-3H3. The maximum Gasteiger partial charge on any atom is 0.100 e. The number of nitrogens with zero attached hydrogens (tertiary/aromatic N) is 2. The third-order valence-electron chi connectivity index (χ3n) is 7.43. The molecule has 0 amide bonds. The minimum atomic E-state index is 0.622. The molecule has 32 heavy (non-hydrogen) atoms. The van der Waals surface area contributed by atoms with Crippen LogP contribution in [0.2, 0.25) is 0 Å². The van der Waals surface area contributed by atoms with Crippen LogP contribution < -0.4 is 0 Å². The SMILES string of the molecule is CCCCCCCCCCCCCCC1N(C)C=CN1CCCCCCCCCCCC. The molecule has 2 heteroatoms. The van der Waals surface area contributed by atoms with E-state index < -0.39 is 0 Å². The monoisotopic (exact) mass is 448 g/mol. The third kappa shape index (κ3) is 16.0. The molecule has 0 aromatic heterocycles. The minimum Gasteiger partial charge on any atom is -0.359 e. The molecule has 1 heterocycles. The van der Waals surface area contributed by atoms with E-state index in [9.17, 15) is 0 Å². The molecular formula is C30H60N2. The molecule has 0 saturated heterocycles. The van der Waals surface area contributed by atoms with E-state index in [4.69, 9.17) is 0 Å². The highest BCUT2D eigenvalue weighted by molar-refractivity contribution is 4.95. The lowest BCUT2D eigenvalue weighted by molar-refractivity contribution is 0.159. The van der Waals surface area contributed by atoms with E-state index in [0.29, 0.717) is 6.17 Å². The van der Waals surface area contributed by atoms with Gasteiger partial charge in [-0.15, -0.1) is 0 Å². The Morgan fingerprint density at radius 1 is 0.469 bits per heavy atom. The molecule has 0 aromatic rings. The van der Waals surface area contributed by atoms with Gasteiger partial charge in [-0.1, -0.05) is 142 Å². The Morgan fingerprint density at radius 3 is 1.28 bits per heavy atom. The van der Waals surface area contributed by atoms with Crippen molar-refractivity contribution in [3.63, 3.8) is 0 Å². The summed E-state index contributed by atoms with van der Waals surface area (Å²) in [5.41, 5.74) is 0. The predicted molar refractivity (Wildman–Crippen MR) is 145 cm³/mol. The van der Waals surface area contributed by atoms with Crippen LogP contribution in [0.25, 0.3) is 0 Å². The Hall–Kier alpha value is -0.660. The van der Waals surface area contributed by atoms with Crippen molar-refractivity contribution in [3.8, 4) is 0 Å². The Morgan fingerprint density at radius 2 is 0.844 bits per heavy atom. The third-order valence-corrected chi connectivity index (χ3v) is 7.43. The van der Waals surface area contributed by atoms with E-state index in [-0.39, 0.29) is 0 Å². The molecule has 1 aliphatic rings. The molecule has 1 unspecified atom stereocenters. The van der Waals surface area contributed by atoms with E-state index in [0.717, 1.165) is 0 Å². The second-order valence-corrected chi connectivity index (χ2v) is 10.5. The lowest BCUT2D eigenvalue weighted by Crippen LogP contribution is -2.37. The Balaban J connectivity index is 1.93. The van der Waals surface area contributed by atoms with Crippen LogP contribution in [0.5, 0.6) is 0 Å². The van der Waals surface area contributed by atoms with Gasteiger partial charge in [0.05, 0.1) is 0 Å². The van der Waals surface area contributed by atoms with Crippen LogP contribution in [0.1, 0.15) is 162 Å². The van der Waals surface area contributed by atoms with E-state index >= 15 is 0 Å². The first-order chi connectivity index (χ1) is 15.8. The fourth-order valence-electron chi connectivity index (χ4n) is 5.17. The normalized spacial score (nSPS) is 15.9. The van der Waals surface area contributed by atoms with Crippen molar-refractivity contribution in [1.82, 2.24) is 9.80 Å². The first-order valence-electron chi connectivity index (χ1n) is 15.0. The van der Waals surface area contributed by atoms with Crippen molar-refractivity contribution in [3.05, 3.63) is 12.4 Å². The highest BCUT2D eigenvalue weighted by Crippen LogP contribution is 2.21. The molecule has 0 radical (unpaired) electrons. The second kappa shape index (κ2) is 22.1. The maximum absolute atomic E-state index is 2.61. The van der Waals surface area contributed by atoms with Gasteiger partial charge < -0.3 is 9.80 Å². The summed E-state index contributed by atoms with van der Waals surface area (Å²) in [7, 11) is 2.26. The zero-order chi connectivity index (χ0) is 23.1. The fraction of sp³-hybridized carbons (Fsp3) is 0.933. The lowest BCUT2D eigenvalue weighted by Gasteiger charge is -2.30. The van der Waals surface area contributed by atoms with Crippen LogP contribution in [0.15, 0.2) is 12.4 Å². The van der Waals surface area contributed by atoms with Crippen molar-refractivity contribution < 1.29 is 0 Å². The van der Waals surface area contributed by atoms with Crippen LogP contribution in [-0.4, -0.2) is 29.6 Å². The summed E-state index contributed by atoms with van der Waals surface area (Å²) in [5.74, 6) is 0. The summed E-state index contributed by atoms with van der Waals surface area (Å²) in [6.07, 6.45) is 38.2. The predicted octanol–water partition coefficient (Wildman–Crippen LogP) is 10.0. The van der Waals surface area contributed by atoms with Gasteiger partial charge >= 0.3 is 0 Å². The largest absolute Gasteiger partial charge is 0.359 e. The highest BCUT2D eigenvalue weighted by atomic mass is 15.4. The average molecular weight is 449 g/mol. The highest BCUT2D eigenvalue weighted by Gasteiger charge is 2.22. The van der Waals surface area contributed by atoms with Gasteiger partial charge in [-0.2, -0.15) is 0 Å². The van der Waals surface area contributed by atoms with Gasteiger partial charge in [-0.05, 0) is 19.3 Å². The van der Waals surface area contributed by atoms with Crippen molar-refractivity contribution in [2.24, 2.45) is 0 Å². The summed E-state index contributed by atoms with van der Waals surface area (Å²) in [6, 6.07) is 0. The molecule has 0 spiro atoms. The average Bonchev–Trinajstić information content (AvgIpc) is 3.15. The second-order valence-electron chi connectivity index (χ2n) is 10.5. The molecule has 1 rings (SSSR count). The maximum atomic E-state index is 2.61. The number of rotatable bonds is 24. The minimum absolute atomic E-state index is 0.622. The van der Waals surface area contributed by atoms with E-state index in [1.165, 1.54) is 154 Å². The summed E-state index contributed by atoms with van der Waals surface area (Å²) >= 11 is 0. The van der Waals surface area contributed by atoms with Crippen molar-refractivity contribution in [2.45, 2.75) is 168 Å². The van der Waals surface area contributed by atoms with E-state index in [1.807, 2.05) is 0 Å². The van der Waals surface area contributed by atoms with Crippen LogP contribution in [-0.2, 0) is 0 Å². The van der Waals surface area contributed by atoms with Crippen molar-refractivity contribution in [1.29, 1.82) is 0 Å². The topological polar surface area (TPSA) is 6.48 Å². The number of hydrogen-bond donors (Lipinski definition) is 0. The van der Waals surface area contributed by atoms with Gasteiger partial charge in [-0.25, -0.2) is 0 Å². The smallest absolute Gasteiger partial charge is 0.100 e. The molecule has 190 valence electrons. The van der Waals surface area contributed by atoms with Crippen LogP contribution in [0.4, 0.5) is 0 Å². The Bertz CT molecular complexity index is 406. The van der Waals surface area contributed by atoms with Crippen LogP contribution in [0.3, 0.4) is 0 Å². The molecular weight excluding hydrogens is 388 g/mol. The number of hydrogen-bond acceptors (Lipinski definition) is 2. The van der Waals surface area contributed by atoms with Gasteiger partial charge in [0.15, 0.2) is 0 Å². The Kier molecular flexibility index (Phi) is 20.3. The van der Waals surface area contributed by atoms with Gasteiger partial charge in [0.2, 0.25) is 0 Å². The summed E-state index contributed by atoms with van der Waals surface area (Å²) in [4.78, 5) is 5.05. The molecule has 0 fully saturated rings. The molecule has 0 N–H and O–H groups in total.